The van der Waals surface area contributed by atoms with Crippen LogP contribution >= 0.6 is 0 Å². The number of aryl methyl sites for hydroxylation is 1. The molecule has 2 saturated heterocycles. The second-order valence-corrected chi connectivity index (χ2v) is 6.48. The number of hydrogen-bond donors (Lipinski definition) is 1. The molecule has 3 heterocycles. The summed E-state index contributed by atoms with van der Waals surface area (Å²) < 4.78 is 0. The highest BCUT2D eigenvalue weighted by atomic mass is 15.2. The molecule has 2 aliphatic heterocycles. The van der Waals surface area contributed by atoms with Crippen molar-refractivity contribution >= 4 is 0 Å². The van der Waals surface area contributed by atoms with Gasteiger partial charge >= 0.3 is 0 Å². The molecule has 0 radical (unpaired) electrons. The van der Waals surface area contributed by atoms with E-state index in [4.69, 9.17) is 0 Å². The summed E-state index contributed by atoms with van der Waals surface area (Å²) in [5.74, 6) is 0. The second kappa shape index (κ2) is 6.23. The molecule has 0 aliphatic carbocycles. The Labute approximate surface area is 122 Å². The van der Waals surface area contributed by atoms with Crippen LogP contribution in [0.25, 0.3) is 0 Å². The van der Waals surface area contributed by atoms with Crippen molar-refractivity contribution in [1.82, 2.24) is 15.2 Å². The van der Waals surface area contributed by atoms with Gasteiger partial charge in [0.2, 0.25) is 0 Å². The first-order chi connectivity index (χ1) is 9.78. The first kappa shape index (κ1) is 14.0. The second-order valence-electron chi connectivity index (χ2n) is 6.48. The van der Waals surface area contributed by atoms with E-state index >= 15 is 0 Å². The molecule has 110 valence electrons. The number of pyridine rings is 1. The van der Waals surface area contributed by atoms with E-state index in [1.807, 2.05) is 6.20 Å². The van der Waals surface area contributed by atoms with E-state index in [2.05, 4.69) is 41.3 Å². The van der Waals surface area contributed by atoms with Crippen LogP contribution in [0.1, 0.15) is 50.2 Å². The summed E-state index contributed by atoms with van der Waals surface area (Å²) in [5, 5.41) is 3.73. The van der Waals surface area contributed by atoms with Crippen LogP contribution in [0.2, 0.25) is 0 Å². The zero-order valence-electron chi connectivity index (χ0n) is 12.8. The van der Waals surface area contributed by atoms with E-state index in [0.29, 0.717) is 0 Å². The number of hydrogen-bond acceptors (Lipinski definition) is 3. The summed E-state index contributed by atoms with van der Waals surface area (Å²) in [6.07, 6.45) is 10.6. The van der Waals surface area contributed by atoms with Crippen molar-refractivity contribution in [3.63, 3.8) is 0 Å². The van der Waals surface area contributed by atoms with Gasteiger partial charge in [0, 0.05) is 37.1 Å². The van der Waals surface area contributed by atoms with Gasteiger partial charge in [-0.15, -0.1) is 0 Å². The van der Waals surface area contributed by atoms with E-state index in [9.17, 15) is 0 Å². The first-order valence-electron chi connectivity index (χ1n) is 8.16. The molecular weight excluding hydrogens is 246 g/mol. The summed E-state index contributed by atoms with van der Waals surface area (Å²) in [6, 6.07) is 4.44. The van der Waals surface area contributed by atoms with Gasteiger partial charge in [-0.2, -0.15) is 0 Å². The van der Waals surface area contributed by atoms with Crippen molar-refractivity contribution in [3.8, 4) is 0 Å². The van der Waals surface area contributed by atoms with Crippen molar-refractivity contribution < 1.29 is 0 Å². The molecule has 3 rings (SSSR count). The molecule has 1 N–H and O–H groups in total. The molecule has 2 fully saturated rings. The van der Waals surface area contributed by atoms with Crippen LogP contribution in [0.4, 0.5) is 0 Å². The third-order valence-electron chi connectivity index (χ3n) is 5.07. The Morgan fingerprint density at radius 2 is 2.05 bits per heavy atom. The number of rotatable bonds is 5. The number of aromatic nitrogens is 1. The fourth-order valence-corrected chi connectivity index (χ4v) is 3.91. The maximum atomic E-state index is 4.30. The van der Waals surface area contributed by atoms with Crippen LogP contribution in [0, 0.1) is 6.92 Å². The molecule has 3 nitrogen and oxygen atoms in total. The summed E-state index contributed by atoms with van der Waals surface area (Å²) in [6.45, 7) is 6.72. The van der Waals surface area contributed by atoms with Gasteiger partial charge in [0.15, 0.2) is 0 Å². The molecule has 0 saturated carbocycles. The van der Waals surface area contributed by atoms with E-state index in [0.717, 1.165) is 24.7 Å². The molecule has 2 aliphatic rings. The quantitative estimate of drug-likeness (QED) is 0.894. The molecule has 2 unspecified atom stereocenters. The van der Waals surface area contributed by atoms with Crippen molar-refractivity contribution in [2.45, 2.75) is 70.6 Å². The van der Waals surface area contributed by atoms with Crippen LogP contribution in [0.15, 0.2) is 18.5 Å². The average molecular weight is 273 g/mol. The number of nitrogens with zero attached hydrogens (tertiary/aromatic N) is 2. The maximum Gasteiger partial charge on any atom is 0.0315 e. The number of nitrogens with one attached hydrogen (secondary N) is 1. The van der Waals surface area contributed by atoms with Crippen LogP contribution in [-0.2, 0) is 6.54 Å². The highest BCUT2D eigenvalue weighted by Crippen LogP contribution is 2.37. The zero-order chi connectivity index (χ0) is 13.9. The van der Waals surface area contributed by atoms with Crippen molar-refractivity contribution in [1.29, 1.82) is 0 Å². The van der Waals surface area contributed by atoms with Gasteiger partial charge < -0.3 is 5.32 Å². The van der Waals surface area contributed by atoms with Gasteiger partial charge in [-0.1, -0.05) is 6.92 Å². The zero-order valence-corrected chi connectivity index (χ0v) is 12.8. The lowest BCUT2D eigenvalue weighted by atomic mass is 9.96. The Kier molecular flexibility index (Phi) is 4.37. The van der Waals surface area contributed by atoms with Crippen molar-refractivity contribution in [2.75, 3.05) is 6.54 Å². The maximum absolute atomic E-state index is 4.30. The molecule has 2 bridgehead atoms. The Bertz CT molecular complexity index is 432. The van der Waals surface area contributed by atoms with Gasteiger partial charge in [0.1, 0.15) is 0 Å². The van der Waals surface area contributed by atoms with E-state index in [-0.39, 0.29) is 0 Å². The minimum Gasteiger partial charge on any atom is -0.314 e. The summed E-state index contributed by atoms with van der Waals surface area (Å²) in [7, 11) is 0. The van der Waals surface area contributed by atoms with E-state index in [1.165, 1.54) is 49.8 Å². The van der Waals surface area contributed by atoms with Crippen LogP contribution in [0.3, 0.4) is 0 Å². The Balaban J connectivity index is 1.64. The highest BCUT2D eigenvalue weighted by Gasteiger charge is 2.40. The van der Waals surface area contributed by atoms with Gasteiger partial charge in [0.05, 0.1) is 0 Å². The summed E-state index contributed by atoms with van der Waals surface area (Å²) in [4.78, 5) is 7.04. The molecule has 0 amide bonds. The largest absolute Gasteiger partial charge is 0.314 e. The standard InChI is InChI=1S/C17H27N3/c1-3-7-19-15-9-16-4-5-17(10-15)20(16)12-14-11-18-8-6-13(14)2/h6,8,11,15-17,19H,3-5,7,9-10,12H2,1-2H3. The van der Waals surface area contributed by atoms with Gasteiger partial charge in [0.25, 0.3) is 0 Å². The van der Waals surface area contributed by atoms with E-state index in [1.54, 1.807) is 0 Å². The predicted octanol–water partition coefficient (Wildman–Crippen LogP) is 2.89. The van der Waals surface area contributed by atoms with Gasteiger partial charge in [-0.05, 0) is 62.8 Å². The molecule has 0 aromatic carbocycles. The van der Waals surface area contributed by atoms with Crippen molar-refractivity contribution in [2.24, 2.45) is 0 Å². The first-order valence-corrected chi connectivity index (χ1v) is 8.16. The normalized spacial score (nSPS) is 29.8. The van der Waals surface area contributed by atoms with Crippen molar-refractivity contribution in [3.05, 3.63) is 29.6 Å². The van der Waals surface area contributed by atoms with Crippen LogP contribution in [0.5, 0.6) is 0 Å². The molecule has 3 heteroatoms. The topological polar surface area (TPSA) is 28.2 Å². The summed E-state index contributed by atoms with van der Waals surface area (Å²) >= 11 is 0. The number of piperidine rings is 1. The molecule has 20 heavy (non-hydrogen) atoms. The van der Waals surface area contributed by atoms with E-state index < -0.39 is 0 Å². The fourth-order valence-electron chi connectivity index (χ4n) is 3.91. The SMILES string of the molecule is CCCNC1CC2CCC(C1)N2Cc1cnccc1C. The van der Waals surface area contributed by atoms with Gasteiger partial charge in [-0.3, -0.25) is 9.88 Å². The Morgan fingerprint density at radius 3 is 2.70 bits per heavy atom. The smallest absolute Gasteiger partial charge is 0.0315 e. The lowest BCUT2D eigenvalue weighted by Crippen LogP contribution is -2.48. The highest BCUT2D eigenvalue weighted by molar-refractivity contribution is 5.22. The minimum atomic E-state index is 0.749. The lowest BCUT2D eigenvalue weighted by molar-refractivity contribution is 0.109. The molecular formula is C17H27N3. The minimum absolute atomic E-state index is 0.749. The van der Waals surface area contributed by atoms with Crippen LogP contribution < -0.4 is 5.32 Å². The number of fused-ring (bicyclic) bond motifs is 2. The van der Waals surface area contributed by atoms with Crippen LogP contribution in [-0.4, -0.2) is 34.6 Å². The lowest BCUT2D eigenvalue weighted by Gasteiger charge is -2.39. The average Bonchev–Trinajstić information content (AvgIpc) is 2.70. The predicted molar refractivity (Wildman–Crippen MR) is 82.6 cm³/mol. The third kappa shape index (κ3) is 2.89. The molecule has 0 spiro atoms. The third-order valence-corrected chi connectivity index (χ3v) is 5.07. The fraction of sp³-hybridized carbons (Fsp3) is 0.706. The molecule has 1 aromatic rings. The summed E-state index contributed by atoms with van der Waals surface area (Å²) in [5.41, 5.74) is 2.79. The molecule has 1 aromatic heterocycles. The van der Waals surface area contributed by atoms with Gasteiger partial charge in [-0.25, -0.2) is 0 Å². The monoisotopic (exact) mass is 273 g/mol. The Hall–Kier alpha value is -0.930. The Morgan fingerprint density at radius 1 is 1.30 bits per heavy atom. The molecule has 2 atom stereocenters.